The fourth-order valence-corrected chi connectivity index (χ4v) is 3.50. The minimum absolute atomic E-state index is 0.180. The summed E-state index contributed by atoms with van der Waals surface area (Å²) in [7, 11) is 0. The van der Waals surface area contributed by atoms with E-state index in [2.05, 4.69) is 16.3 Å². The van der Waals surface area contributed by atoms with Crippen LogP contribution < -0.4 is 4.90 Å². The lowest BCUT2D eigenvalue weighted by atomic mass is 9.85. The number of nitrogens with zero attached hydrogens (tertiary/aromatic N) is 3. The van der Waals surface area contributed by atoms with Crippen molar-refractivity contribution in [3.8, 4) is 0 Å². The number of benzene rings is 1. The van der Waals surface area contributed by atoms with E-state index in [-0.39, 0.29) is 5.91 Å². The standard InChI is InChI=1S/C17H18ClN3O/c1-9-11-6-13-14(7-12(11)15(18)20-19-9)21(8-10-4-5-10)16(22)17(13,2)3/h6-7,10H,4-5,8H2,1-3H3. The Kier molecular flexibility index (Phi) is 2.80. The maximum atomic E-state index is 12.9. The molecule has 1 saturated carbocycles. The van der Waals surface area contributed by atoms with Gasteiger partial charge in [0.2, 0.25) is 5.91 Å². The van der Waals surface area contributed by atoms with Crippen molar-refractivity contribution < 1.29 is 4.79 Å². The van der Waals surface area contributed by atoms with Crippen LogP contribution in [-0.4, -0.2) is 22.6 Å². The van der Waals surface area contributed by atoms with Crippen LogP contribution in [0.25, 0.3) is 10.8 Å². The number of fused-ring (bicyclic) bond motifs is 2. The topological polar surface area (TPSA) is 46.1 Å². The molecular weight excluding hydrogens is 298 g/mol. The Hall–Kier alpha value is -1.68. The molecule has 0 atom stereocenters. The third-order valence-electron chi connectivity index (χ3n) is 4.92. The van der Waals surface area contributed by atoms with Crippen LogP contribution in [-0.2, 0) is 10.2 Å². The molecule has 1 aromatic heterocycles. The van der Waals surface area contributed by atoms with E-state index in [1.165, 1.54) is 12.8 Å². The van der Waals surface area contributed by atoms with Gasteiger partial charge in [0.05, 0.1) is 11.1 Å². The molecule has 1 aliphatic carbocycles. The van der Waals surface area contributed by atoms with Crippen molar-refractivity contribution in [1.82, 2.24) is 10.2 Å². The number of halogens is 1. The normalized spacial score (nSPS) is 19.8. The maximum Gasteiger partial charge on any atom is 0.237 e. The first-order valence-electron chi connectivity index (χ1n) is 7.68. The monoisotopic (exact) mass is 315 g/mol. The number of aromatic nitrogens is 2. The summed E-state index contributed by atoms with van der Waals surface area (Å²) in [6.07, 6.45) is 2.44. The second-order valence-corrected chi connectivity index (χ2v) is 7.33. The highest BCUT2D eigenvalue weighted by Gasteiger charge is 2.45. The molecule has 0 saturated heterocycles. The fraction of sp³-hybridized carbons (Fsp3) is 0.471. The van der Waals surface area contributed by atoms with E-state index in [9.17, 15) is 4.79 Å². The van der Waals surface area contributed by atoms with Gasteiger partial charge in [0.25, 0.3) is 0 Å². The number of hydrogen-bond acceptors (Lipinski definition) is 3. The van der Waals surface area contributed by atoms with Crippen LogP contribution in [0.1, 0.15) is 37.9 Å². The number of rotatable bonds is 2. The predicted octanol–water partition coefficient (Wildman–Crippen LogP) is 3.63. The van der Waals surface area contributed by atoms with Crippen molar-refractivity contribution in [2.24, 2.45) is 5.92 Å². The van der Waals surface area contributed by atoms with Gasteiger partial charge in [-0.3, -0.25) is 4.79 Å². The number of amides is 1. The summed E-state index contributed by atoms with van der Waals surface area (Å²) >= 11 is 6.23. The van der Waals surface area contributed by atoms with Gasteiger partial charge in [0.1, 0.15) is 0 Å². The molecule has 22 heavy (non-hydrogen) atoms. The first-order chi connectivity index (χ1) is 10.4. The van der Waals surface area contributed by atoms with Crippen molar-refractivity contribution in [2.45, 2.75) is 39.0 Å². The van der Waals surface area contributed by atoms with Crippen LogP contribution >= 0.6 is 11.6 Å². The Morgan fingerprint density at radius 3 is 2.68 bits per heavy atom. The average Bonchev–Trinajstić information content (AvgIpc) is 3.28. The third kappa shape index (κ3) is 1.86. The molecule has 1 fully saturated rings. The van der Waals surface area contributed by atoms with Gasteiger partial charge >= 0.3 is 0 Å². The summed E-state index contributed by atoms with van der Waals surface area (Å²) in [5.41, 5.74) is 2.40. The van der Waals surface area contributed by atoms with E-state index >= 15 is 0 Å². The van der Waals surface area contributed by atoms with Crippen molar-refractivity contribution in [3.63, 3.8) is 0 Å². The first kappa shape index (κ1) is 13.9. The number of hydrogen-bond donors (Lipinski definition) is 0. The molecule has 0 radical (unpaired) electrons. The molecular formula is C17H18ClN3O. The highest BCUT2D eigenvalue weighted by atomic mass is 35.5. The molecule has 4 nitrogen and oxygen atoms in total. The summed E-state index contributed by atoms with van der Waals surface area (Å²) in [6.45, 7) is 6.73. The number of aryl methyl sites for hydroxylation is 1. The summed E-state index contributed by atoms with van der Waals surface area (Å²) in [4.78, 5) is 14.8. The Balaban J connectivity index is 1.97. The van der Waals surface area contributed by atoms with Crippen molar-refractivity contribution in [3.05, 3.63) is 28.5 Å². The van der Waals surface area contributed by atoms with Gasteiger partial charge in [-0.15, -0.1) is 5.10 Å². The van der Waals surface area contributed by atoms with Gasteiger partial charge in [0, 0.05) is 23.0 Å². The molecule has 1 amide bonds. The zero-order valence-corrected chi connectivity index (χ0v) is 13.7. The molecule has 2 heterocycles. The lowest BCUT2D eigenvalue weighted by molar-refractivity contribution is -0.122. The van der Waals surface area contributed by atoms with E-state index in [4.69, 9.17) is 11.6 Å². The van der Waals surface area contributed by atoms with Crippen LogP contribution in [0.3, 0.4) is 0 Å². The summed E-state index contributed by atoms with van der Waals surface area (Å²) in [5, 5.41) is 10.3. The van der Waals surface area contributed by atoms with Gasteiger partial charge in [0.15, 0.2) is 5.15 Å². The number of anilines is 1. The molecule has 0 bridgehead atoms. The maximum absolute atomic E-state index is 12.9. The van der Waals surface area contributed by atoms with E-state index in [0.717, 1.165) is 34.3 Å². The lowest BCUT2D eigenvalue weighted by Gasteiger charge is -2.20. The fourth-order valence-electron chi connectivity index (χ4n) is 3.31. The van der Waals surface area contributed by atoms with Crippen LogP contribution in [0, 0.1) is 12.8 Å². The van der Waals surface area contributed by atoms with Crippen molar-refractivity contribution >= 4 is 34.0 Å². The van der Waals surface area contributed by atoms with Crippen LogP contribution in [0.5, 0.6) is 0 Å². The Labute approximate surface area is 134 Å². The van der Waals surface area contributed by atoms with E-state index in [0.29, 0.717) is 11.1 Å². The van der Waals surface area contributed by atoms with E-state index in [1.807, 2.05) is 31.7 Å². The van der Waals surface area contributed by atoms with Gasteiger partial charge in [-0.2, -0.15) is 5.10 Å². The molecule has 0 spiro atoms. The largest absolute Gasteiger partial charge is 0.311 e. The average molecular weight is 316 g/mol. The van der Waals surface area contributed by atoms with Gasteiger partial charge in [-0.25, -0.2) is 0 Å². The molecule has 1 aliphatic heterocycles. The summed E-state index contributed by atoms with van der Waals surface area (Å²) < 4.78 is 0. The lowest BCUT2D eigenvalue weighted by Crippen LogP contribution is -2.37. The summed E-state index contributed by atoms with van der Waals surface area (Å²) in [5.74, 6) is 0.827. The molecule has 1 aromatic carbocycles. The van der Waals surface area contributed by atoms with Crippen molar-refractivity contribution in [2.75, 3.05) is 11.4 Å². The van der Waals surface area contributed by atoms with Gasteiger partial charge < -0.3 is 4.90 Å². The van der Waals surface area contributed by atoms with Gasteiger partial charge in [-0.05, 0) is 57.2 Å². The molecule has 2 aliphatic rings. The highest BCUT2D eigenvalue weighted by Crippen LogP contribution is 2.46. The molecule has 5 heteroatoms. The quantitative estimate of drug-likeness (QED) is 0.850. The smallest absolute Gasteiger partial charge is 0.237 e. The highest BCUT2D eigenvalue weighted by molar-refractivity contribution is 6.34. The van der Waals surface area contributed by atoms with E-state index in [1.54, 1.807) is 0 Å². The minimum Gasteiger partial charge on any atom is -0.311 e. The zero-order chi connectivity index (χ0) is 15.6. The third-order valence-corrected chi connectivity index (χ3v) is 5.20. The molecule has 114 valence electrons. The Morgan fingerprint density at radius 1 is 1.27 bits per heavy atom. The SMILES string of the molecule is Cc1nnc(Cl)c2cc3c(cc12)C(C)(C)C(=O)N3CC1CC1. The first-order valence-corrected chi connectivity index (χ1v) is 8.06. The Bertz CT molecular complexity index is 811. The van der Waals surface area contributed by atoms with Crippen LogP contribution in [0.2, 0.25) is 5.15 Å². The van der Waals surface area contributed by atoms with E-state index < -0.39 is 5.41 Å². The second kappa shape index (κ2) is 4.42. The number of carbonyl (C=O) groups excluding carboxylic acids is 1. The minimum atomic E-state index is -0.499. The molecule has 0 N–H and O–H groups in total. The second-order valence-electron chi connectivity index (χ2n) is 6.98. The van der Waals surface area contributed by atoms with Gasteiger partial charge in [-0.1, -0.05) is 11.6 Å². The Morgan fingerprint density at radius 2 is 2.00 bits per heavy atom. The molecule has 0 unspecified atom stereocenters. The van der Waals surface area contributed by atoms with Crippen molar-refractivity contribution in [1.29, 1.82) is 0 Å². The van der Waals surface area contributed by atoms with Crippen LogP contribution in [0.15, 0.2) is 12.1 Å². The molecule has 4 rings (SSSR count). The zero-order valence-electron chi connectivity index (χ0n) is 13.0. The van der Waals surface area contributed by atoms with Crippen LogP contribution in [0.4, 0.5) is 5.69 Å². The predicted molar refractivity (Wildman–Crippen MR) is 87.4 cm³/mol. The number of carbonyl (C=O) groups is 1. The molecule has 2 aromatic rings. The summed E-state index contributed by atoms with van der Waals surface area (Å²) in [6, 6.07) is 4.09.